The van der Waals surface area contributed by atoms with Crippen molar-refractivity contribution in [1.82, 2.24) is 0 Å². The third-order valence-electron chi connectivity index (χ3n) is 2.40. The van der Waals surface area contributed by atoms with E-state index in [0.717, 1.165) is 6.07 Å². The summed E-state index contributed by atoms with van der Waals surface area (Å²) >= 11 is -2.49. The molecule has 0 amide bonds. The molecule has 0 heterocycles. The van der Waals surface area contributed by atoms with E-state index in [2.05, 4.69) is 0 Å². The van der Waals surface area contributed by atoms with Gasteiger partial charge in [-0.15, -0.1) is 0 Å². The van der Waals surface area contributed by atoms with Gasteiger partial charge in [0.15, 0.2) is 11.1 Å². The van der Waals surface area contributed by atoms with Gasteiger partial charge in [0.25, 0.3) is 0 Å². The van der Waals surface area contributed by atoms with Gasteiger partial charge >= 0.3 is 12.1 Å². The first-order valence-corrected chi connectivity index (χ1v) is 5.92. The molecule has 1 atom stereocenters. The van der Waals surface area contributed by atoms with E-state index in [0.29, 0.717) is 6.07 Å². The third kappa shape index (κ3) is 3.08. The first-order chi connectivity index (χ1) is 8.14. The molecule has 0 aliphatic heterocycles. The molecule has 1 aromatic rings. The number of rotatable bonds is 3. The topological polar surface area (TPSA) is 74.6 Å². The summed E-state index contributed by atoms with van der Waals surface area (Å²) in [5.41, 5.74) is -2.03. The summed E-state index contributed by atoms with van der Waals surface area (Å²) in [7, 11) is 0. The van der Waals surface area contributed by atoms with Gasteiger partial charge in [0.05, 0.1) is 16.9 Å². The molecule has 0 aliphatic carbocycles. The van der Waals surface area contributed by atoms with E-state index in [1.165, 1.54) is 6.92 Å². The highest BCUT2D eigenvalue weighted by Gasteiger charge is 2.35. The zero-order chi connectivity index (χ0) is 14.1. The molecule has 18 heavy (non-hydrogen) atoms. The lowest BCUT2D eigenvalue weighted by Crippen LogP contribution is -2.14. The van der Waals surface area contributed by atoms with Gasteiger partial charge in [-0.05, 0) is 30.2 Å². The molecule has 1 unspecified atom stereocenters. The number of alkyl halides is 3. The van der Waals surface area contributed by atoms with Crippen LogP contribution >= 0.6 is 0 Å². The summed E-state index contributed by atoms with van der Waals surface area (Å²) in [5, 5.41) is 8.80. The SMILES string of the molecule is Cc1c(C(=O)O)ccc(C(F)(F)F)c1CS(=O)O. The van der Waals surface area contributed by atoms with Crippen molar-refractivity contribution < 1.29 is 31.8 Å². The summed E-state index contributed by atoms with van der Waals surface area (Å²) in [4.78, 5) is 10.8. The fourth-order valence-corrected chi connectivity index (χ4v) is 2.18. The number of carbonyl (C=O) groups is 1. The van der Waals surface area contributed by atoms with E-state index in [-0.39, 0.29) is 11.1 Å². The van der Waals surface area contributed by atoms with E-state index in [1.807, 2.05) is 0 Å². The van der Waals surface area contributed by atoms with Gasteiger partial charge in [-0.25, -0.2) is 9.00 Å². The highest BCUT2D eigenvalue weighted by molar-refractivity contribution is 7.78. The highest BCUT2D eigenvalue weighted by atomic mass is 32.2. The van der Waals surface area contributed by atoms with Gasteiger partial charge < -0.3 is 9.66 Å². The molecule has 0 radical (unpaired) electrons. The second-order valence-electron chi connectivity index (χ2n) is 3.53. The predicted octanol–water partition coefficient (Wildman–Crippen LogP) is 2.43. The van der Waals surface area contributed by atoms with Crippen LogP contribution in [0.1, 0.15) is 27.0 Å². The number of aromatic carboxylic acids is 1. The molecular formula is C10H9F3O4S. The number of hydrogen-bond donors (Lipinski definition) is 2. The first kappa shape index (κ1) is 14.7. The second-order valence-corrected chi connectivity index (χ2v) is 4.46. The van der Waals surface area contributed by atoms with Crippen LogP contribution in [0.15, 0.2) is 12.1 Å². The Balaban J connectivity index is 3.51. The summed E-state index contributed by atoms with van der Waals surface area (Å²) < 4.78 is 57.4. The molecule has 0 aromatic heterocycles. The Hall–Kier alpha value is -1.41. The van der Waals surface area contributed by atoms with E-state index in [1.54, 1.807) is 0 Å². The van der Waals surface area contributed by atoms with E-state index in [4.69, 9.17) is 9.66 Å². The number of halogens is 3. The van der Waals surface area contributed by atoms with Crippen molar-refractivity contribution in [2.24, 2.45) is 0 Å². The molecule has 1 rings (SSSR count). The summed E-state index contributed by atoms with van der Waals surface area (Å²) in [6, 6.07) is 1.45. The average Bonchev–Trinajstić information content (AvgIpc) is 2.17. The smallest absolute Gasteiger partial charge is 0.416 e. The molecule has 1 aromatic carbocycles. The van der Waals surface area contributed by atoms with Gasteiger partial charge in [0.1, 0.15) is 0 Å². The first-order valence-electron chi connectivity index (χ1n) is 4.65. The van der Waals surface area contributed by atoms with E-state index < -0.39 is 40.1 Å². The lowest BCUT2D eigenvalue weighted by Gasteiger charge is -2.15. The number of benzene rings is 1. The van der Waals surface area contributed by atoms with Crippen molar-refractivity contribution in [1.29, 1.82) is 0 Å². The Morgan fingerprint density at radius 2 is 1.94 bits per heavy atom. The van der Waals surface area contributed by atoms with Crippen molar-refractivity contribution in [2.75, 3.05) is 0 Å². The second kappa shape index (κ2) is 5.07. The monoisotopic (exact) mass is 282 g/mol. The largest absolute Gasteiger partial charge is 0.478 e. The Kier molecular flexibility index (Phi) is 4.12. The Morgan fingerprint density at radius 1 is 1.39 bits per heavy atom. The van der Waals surface area contributed by atoms with Crippen LogP contribution in [0.5, 0.6) is 0 Å². The molecular weight excluding hydrogens is 273 g/mol. The highest BCUT2D eigenvalue weighted by Crippen LogP contribution is 2.35. The van der Waals surface area contributed by atoms with Gasteiger partial charge in [0.2, 0.25) is 0 Å². The van der Waals surface area contributed by atoms with Crippen molar-refractivity contribution >= 4 is 17.0 Å². The van der Waals surface area contributed by atoms with E-state index in [9.17, 15) is 22.2 Å². The standard InChI is InChI=1S/C10H9F3O4S/c1-5-6(9(14)15)2-3-8(10(11,12)13)7(5)4-18(16)17/h2-3H,4H2,1H3,(H,14,15)(H,16,17). The average molecular weight is 282 g/mol. The van der Waals surface area contributed by atoms with Crippen molar-refractivity contribution in [3.05, 3.63) is 34.4 Å². The normalized spacial score (nSPS) is 13.4. The molecule has 4 nitrogen and oxygen atoms in total. The molecule has 0 saturated carbocycles. The van der Waals surface area contributed by atoms with Gasteiger partial charge in [-0.3, -0.25) is 0 Å². The van der Waals surface area contributed by atoms with Crippen LogP contribution in [0, 0.1) is 6.92 Å². The lowest BCUT2D eigenvalue weighted by atomic mass is 9.97. The summed E-state index contributed by atoms with van der Waals surface area (Å²) in [6.45, 7) is 1.18. The predicted molar refractivity (Wildman–Crippen MR) is 57.6 cm³/mol. The van der Waals surface area contributed by atoms with Crippen molar-refractivity contribution in [2.45, 2.75) is 18.9 Å². The van der Waals surface area contributed by atoms with Crippen molar-refractivity contribution in [3.8, 4) is 0 Å². The Bertz CT molecular complexity index is 511. The molecule has 0 aliphatic rings. The molecule has 0 spiro atoms. The zero-order valence-corrected chi connectivity index (χ0v) is 9.93. The van der Waals surface area contributed by atoms with Gasteiger partial charge in [-0.2, -0.15) is 13.2 Å². The number of carboxylic acid groups (broad SMARTS) is 1. The Morgan fingerprint density at radius 3 is 2.33 bits per heavy atom. The molecule has 100 valence electrons. The fourth-order valence-electron chi connectivity index (χ4n) is 1.56. The number of carboxylic acids is 1. The summed E-state index contributed by atoms with van der Waals surface area (Å²) in [5.74, 6) is -2.15. The van der Waals surface area contributed by atoms with Gasteiger partial charge in [0, 0.05) is 0 Å². The molecule has 0 saturated heterocycles. The molecule has 0 bridgehead atoms. The quantitative estimate of drug-likeness (QED) is 0.835. The number of hydrogen-bond acceptors (Lipinski definition) is 2. The Labute approximate surface area is 103 Å². The van der Waals surface area contributed by atoms with Crippen LogP contribution in [-0.2, 0) is 23.0 Å². The van der Waals surface area contributed by atoms with Gasteiger partial charge in [-0.1, -0.05) is 0 Å². The van der Waals surface area contributed by atoms with Crippen LogP contribution in [0.4, 0.5) is 13.2 Å². The third-order valence-corrected chi connectivity index (χ3v) is 2.94. The van der Waals surface area contributed by atoms with E-state index >= 15 is 0 Å². The maximum Gasteiger partial charge on any atom is 0.416 e. The van der Waals surface area contributed by atoms with Crippen LogP contribution in [-0.4, -0.2) is 19.8 Å². The molecule has 0 fully saturated rings. The maximum atomic E-state index is 12.7. The lowest BCUT2D eigenvalue weighted by molar-refractivity contribution is -0.138. The van der Waals surface area contributed by atoms with Crippen LogP contribution in [0.3, 0.4) is 0 Å². The minimum absolute atomic E-state index is 0.153. The minimum atomic E-state index is -4.70. The minimum Gasteiger partial charge on any atom is -0.478 e. The van der Waals surface area contributed by atoms with Crippen molar-refractivity contribution in [3.63, 3.8) is 0 Å². The zero-order valence-electron chi connectivity index (χ0n) is 9.11. The van der Waals surface area contributed by atoms with Crippen LogP contribution in [0.25, 0.3) is 0 Å². The maximum absolute atomic E-state index is 12.7. The molecule has 8 heteroatoms. The fraction of sp³-hybridized carbons (Fsp3) is 0.300. The molecule has 2 N–H and O–H groups in total. The summed E-state index contributed by atoms with van der Waals surface area (Å²) in [6.07, 6.45) is -4.70. The van der Waals surface area contributed by atoms with Crippen LogP contribution < -0.4 is 0 Å². The van der Waals surface area contributed by atoms with Crippen LogP contribution in [0.2, 0.25) is 0 Å².